The van der Waals surface area contributed by atoms with E-state index < -0.39 is 5.60 Å². The van der Waals surface area contributed by atoms with Gasteiger partial charge in [0.1, 0.15) is 11.7 Å². The molecule has 1 aliphatic heterocycles. The van der Waals surface area contributed by atoms with Gasteiger partial charge in [-0.05, 0) is 44.8 Å². The number of epoxide rings is 1. The van der Waals surface area contributed by atoms with Crippen LogP contribution in [0.15, 0.2) is 116 Å². The molecule has 0 N–H and O–H groups in total. The molecule has 3 heterocycles. The summed E-state index contributed by atoms with van der Waals surface area (Å²) >= 11 is 0. The molecule has 0 spiro atoms. The molecule has 2 aliphatic rings. The second kappa shape index (κ2) is 8.32. The van der Waals surface area contributed by atoms with Crippen molar-refractivity contribution in [1.29, 1.82) is 0 Å². The van der Waals surface area contributed by atoms with Crippen LogP contribution in [-0.4, -0.2) is 29.3 Å². The molecular formula is C34H24N2O2. The van der Waals surface area contributed by atoms with Crippen LogP contribution in [0.25, 0.3) is 44.1 Å². The van der Waals surface area contributed by atoms with Gasteiger partial charge < -0.3 is 9.47 Å². The SMILES string of the molecule is c1cnc2c(c1)C(OCC1CO1)(c1cccc3ccccc13)c1c(-c3cccc4ccccc34)ccnc1-2. The molecule has 2 atom stereocenters. The summed E-state index contributed by atoms with van der Waals surface area (Å²) in [7, 11) is 0. The van der Waals surface area contributed by atoms with E-state index in [9.17, 15) is 0 Å². The normalized spacial score (nSPS) is 19.4. The van der Waals surface area contributed by atoms with Crippen molar-refractivity contribution in [2.75, 3.05) is 13.2 Å². The molecule has 8 rings (SSSR count). The summed E-state index contributed by atoms with van der Waals surface area (Å²) < 4.78 is 12.8. The van der Waals surface area contributed by atoms with Gasteiger partial charge in [-0.2, -0.15) is 0 Å². The van der Waals surface area contributed by atoms with Crippen LogP contribution in [0.3, 0.4) is 0 Å². The summed E-state index contributed by atoms with van der Waals surface area (Å²) in [5, 5.41) is 4.73. The highest BCUT2D eigenvalue weighted by Crippen LogP contribution is 2.56. The van der Waals surface area contributed by atoms with E-state index in [-0.39, 0.29) is 6.10 Å². The molecule has 0 bridgehead atoms. The van der Waals surface area contributed by atoms with Gasteiger partial charge in [0.2, 0.25) is 0 Å². The number of hydrogen-bond acceptors (Lipinski definition) is 4. The Labute approximate surface area is 220 Å². The first-order valence-corrected chi connectivity index (χ1v) is 13.0. The molecule has 2 aromatic heterocycles. The maximum atomic E-state index is 7.13. The van der Waals surface area contributed by atoms with Gasteiger partial charge in [-0.1, -0.05) is 91.0 Å². The lowest BCUT2D eigenvalue weighted by molar-refractivity contribution is 0.00855. The lowest BCUT2D eigenvalue weighted by Gasteiger charge is -2.34. The number of rotatable bonds is 5. The summed E-state index contributed by atoms with van der Waals surface area (Å²) in [5.41, 5.74) is 6.27. The molecule has 182 valence electrons. The first-order chi connectivity index (χ1) is 18.8. The van der Waals surface area contributed by atoms with E-state index in [1.807, 2.05) is 18.5 Å². The summed E-state index contributed by atoms with van der Waals surface area (Å²) in [6.07, 6.45) is 3.85. The first kappa shape index (κ1) is 21.7. The van der Waals surface area contributed by atoms with Crippen molar-refractivity contribution in [3.63, 3.8) is 0 Å². The Balaban J connectivity index is 1.52. The van der Waals surface area contributed by atoms with Gasteiger partial charge in [-0.25, -0.2) is 0 Å². The molecule has 1 fully saturated rings. The number of fused-ring (bicyclic) bond motifs is 5. The van der Waals surface area contributed by atoms with E-state index in [1.54, 1.807) is 0 Å². The Kier molecular flexibility index (Phi) is 4.75. The number of hydrogen-bond donors (Lipinski definition) is 0. The van der Waals surface area contributed by atoms with Crippen molar-refractivity contribution >= 4 is 21.5 Å². The summed E-state index contributed by atoms with van der Waals surface area (Å²) in [6, 6.07) is 36.3. The van der Waals surface area contributed by atoms with Gasteiger partial charge >= 0.3 is 0 Å². The molecule has 4 heteroatoms. The van der Waals surface area contributed by atoms with Gasteiger partial charge in [-0.15, -0.1) is 0 Å². The second-order valence-corrected chi connectivity index (χ2v) is 9.98. The summed E-state index contributed by atoms with van der Waals surface area (Å²) in [5.74, 6) is 0. The summed E-state index contributed by atoms with van der Waals surface area (Å²) in [6.45, 7) is 1.21. The molecule has 4 aromatic carbocycles. The standard InChI is InChI=1S/C34H24N2O2/c1-3-12-25-22(8-1)10-5-14-27(25)28-17-19-36-33-31(28)34(38-21-24-20-37-24,30-16-7-18-35-32(30)33)29-15-6-11-23-9-2-4-13-26(23)29/h1-19,24H,20-21H2. The molecule has 0 radical (unpaired) electrons. The van der Waals surface area contributed by atoms with E-state index in [0.717, 1.165) is 51.2 Å². The van der Waals surface area contributed by atoms with Crippen molar-refractivity contribution in [3.05, 3.63) is 132 Å². The maximum absolute atomic E-state index is 7.13. The number of nitrogens with zero attached hydrogens (tertiary/aromatic N) is 2. The van der Waals surface area contributed by atoms with E-state index in [4.69, 9.17) is 19.4 Å². The van der Waals surface area contributed by atoms with Crippen LogP contribution in [0.4, 0.5) is 0 Å². The van der Waals surface area contributed by atoms with Gasteiger partial charge in [-0.3, -0.25) is 9.97 Å². The van der Waals surface area contributed by atoms with E-state index in [0.29, 0.717) is 6.61 Å². The Morgan fingerprint density at radius 3 is 2.18 bits per heavy atom. The van der Waals surface area contributed by atoms with Crippen LogP contribution in [0, 0.1) is 0 Å². The van der Waals surface area contributed by atoms with Gasteiger partial charge in [0.05, 0.1) is 24.6 Å². The minimum absolute atomic E-state index is 0.101. The van der Waals surface area contributed by atoms with Crippen LogP contribution in [-0.2, 0) is 15.1 Å². The second-order valence-electron chi connectivity index (χ2n) is 9.98. The fourth-order valence-electron chi connectivity index (χ4n) is 6.12. The Morgan fingerprint density at radius 1 is 0.658 bits per heavy atom. The van der Waals surface area contributed by atoms with Crippen LogP contribution in [0.1, 0.15) is 16.7 Å². The average Bonchev–Trinajstić information content (AvgIpc) is 3.77. The topological polar surface area (TPSA) is 47.5 Å². The molecule has 1 aliphatic carbocycles. The number of benzene rings is 4. The zero-order chi connectivity index (χ0) is 25.1. The Hall–Kier alpha value is -4.38. The van der Waals surface area contributed by atoms with E-state index in [2.05, 4.69) is 97.1 Å². The first-order valence-electron chi connectivity index (χ1n) is 13.0. The third kappa shape index (κ3) is 3.11. The van der Waals surface area contributed by atoms with Crippen molar-refractivity contribution in [3.8, 4) is 22.5 Å². The molecular weight excluding hydrogens is 468 g/mol. The molecule has 4 nitrogen and oxygen atoms in total. The zero-order valence-corrected chi connectivity index (χ0v) is 20.7. The maximum Gasteiger partial charge on any atom is 0.149 e. The lowest BCUT2D eigenvalue weighted by atomic mass is 9.78. The molecule has 6 aromatic rings. The van der Waals surface area contributed by atoms with Crippen molar-refractivity contribution in [2.24, 2.45) is 0 Å². The summed E-state index contributed by atoms with van der Waals surface area (Å²) in [4.78, 5) is 9.80. The highest BCUT2D eigenvalue weighted by Gasteiger charge is 2.50. The molecule has 0 amide bonds. The van der Waals surface area contributed by atoms with Crippen LogP contribution < -0.4 is 0 Å². The quantitative estimate of drug-likeness (QED) is 0.240. The predicted molar refractivity (Wildman–Crippen MR) is 150 cm³/mol. The largest absolute Gasteiger partial charge is 0.371 e. The lowest BCUT2D eigenvalue weighted by Crippen LogP contribution is -2.33. The van der Waals surface area contributed by atoms with Gasteiger partial charge in [0.25, 0.3) is 0 Å². The predicted octanol–water partition coefficient (Wildman–Crippen LogP) is 7.14. The fraction of sp³-hybridized carbons (Fsp3) is 0.118. The average molecular weight is 493 g/mol. The highest BCUT2D eigenvalue weighted by atomic mass is 16.6. The number of ether oxygens (including phenoxy) is 2. The van der Waals surface area contributed by atoms with Crippen molar-refractivity contribution in [1.82, 2.24) is 9.97 Å². The van der Waals surface area contributed by atoms with Crippen molar-refractivity contribution < 1.29 is 9.47 Å². The molecule has 2 unspecified atom stereocenters. The van der Waals surface area contributed by atoms with Crippen LogP contribution >= 0.6 is 0 Å². The van der Waals surface area contributed by atoms with E-state index >= 15 is 0 Å². The zero-order valence-electron chi connectivity index (χ0n) is 20.7. The smallest absolute Gasteiger partial charge is 0.149 e. The van der Waals surface area contributed by atoms with Gasteiger partial charge in [0.15, 0.2) is 0 Å². The van der Waals surface area contributed by atoms with E-state index in [1.165, 1.54) is 16.2 Å². The Bertz CT molecular complexity index is 1850. The van der Waals surface area contributed by atoms with Crippen LogP contribution in [0.2, 0.25) is 0 Å². The molecule has 38 heavy (non-hydrogen) atoms. The highest BCUT2D eigenvalue weighted by molar-refractivity contribution is 6.00. The van der Waals surface area contributed by atoms with Crippen LogP contribution in [0.5, 0.6) is 0 Å². The number of aromatic nitrogens is 2. The minimum Gasteiger partial charge on any atom is -0.371 e. The molecule has 0 saturated carbocycles. The third-order valence-corrected chi connectivity index (χ3v) is 7.85. The van der Waals surface area contributed by atoms with Crippen molar-refractivity contribution in [2.45, 2.75) is 11.7 Å². The molecule has 1 saturated heterocycles. The fourth-order valence-corrected chi connectivity index (χ4v) is 6.12. The third-order valence-electron chi connectivity index (χ3n) is 7.85. The Morgan fingerprint density at radius 2 is 1.34 bits per heavy atom. The minimum atomic E-state index is -0.897. The monoisotopic (exact) mass is 492 g/mol. The number of pyridine rings is 2. The van der Waals surface area contributed by atoms with Gasteiger partial charge in [0, 0.05) is 29.1 Å².